The molecule has 2 unspecified atom stereocenters. The van der Waals surface area contributed by atoms with E-state index in [-0.39, 0.29) is 11.8 Å². The number of nitriles is 1. The SMILES string of the molecule is N#CCNCC1CCCCC1C(=O)O. The van der Waals surface area contributed by atoms with Crippen LogP contribution in [0.2, 0.25) is 0 Å². The minimum Gasteiger partial charge on any atom is -0.481 e. The third-order valence-electron chi connectivity index (χ3n) is 2.84. The maximum Gasteiger partial charge on any atom is 0.306 e. The summed E-state index contributed by atoms with van der Waals surface area (Å²) in [6, 6.07) is 1.99. The molecule has 0 spiro atoms. The number of carbonyl (C=O) groups is 1. The van der Waals surface area contributed by atoms with Crippen molar-refractivity contribution in [1.29, 1.82) is 5.26 Å². The van der Waals surface area contributed by atoms with Gasteiger partial charge >= 0.3 is 5.97 Å². The second kappa shape index (κ2) is 5.61. The molecule has 1 rings (SSSR count). The summed E-state index contributed by atoms with van der Waals surface area (Å²) in [6.07, 6.45) is 3.89. The van der Waals surface area contributed by atoms with Crippen LogP contribution in [0.5, 0.6) is 0 Å². The molecule has 4 heteroatoms. The predicted octanol–water partition coefficient (Wildman–Crippen LogP) is 0.991. The lowest BCUT2D eigenvalue weighted by molar-refractivity contribution is -0.144. The summed E-state index contributed by atoms with van der Waals surface area (Å²) in [4.78, 5) is 10.9. The van der Waals surface area contributed by atoms with E-state index in [4.69, 9.17) is 10.4 Å². The number of hydrogen-bond donors (Lipinski definition) is 2. The first-order valence-corrected chi connectivity index (χ1v) is 5.06. The third-order valence-corrected chi connectivity index (χ3v) is 2.84. The summed E-state index contributed by atoms with van der Waals surface area (Å²) >= 11 is 0. The van der Waals surface area contributed by atoms with Gasteiger partial charge < -0.3 is 10.4 Å². The van der Waals surface area contributed by atoms with E-state index in [0.717, 1.165) is 25.7 Å². The predicted molar refractivity (Wildman–Crippen MR) is 51.6 cm³/mol. The van der Waals surface area contributed by atoms with Gasteiger partial charge in [-0.2, -0.15) is 5.26 Å². The second-order valence-corrected chi connectivity index (χ2v) is 3.78. The lowest BCUT2D eigenvalue weighted by Crippen LogP contribution is -2.34. The summed E-state index contributed by atoms with van der Waals surface area (Å²) in [6.45, 7) is 0.966. The standard InChI is InChI=1S/C10H16N2O2/c11-5-6-12-7-8-3-1-2-4-9(8)10(13)14/h8-9,12H,1-4,6-7H2,(H,13,14). The normalized spacial score (nSPS) is 26.8. The molecule has 2 atom stereocenters. The van der Waals surface area contributed by atoms with Crippen LogP contribution in [0.15, 0.2) is 0 Å². The summed E-state index contributed by atoms with van der Waals surface area (Å²) in [5, 5.41) is 20.3. The molecule has 78 valence electrons. The van der Waals surface area contributed by atoms with E-state index in [9.17, 15) is 4.79 Å². The molecule has 0 aromatic heterocycles. The first-order valence-electron chi connectivity index (χ1n) is 5.06. The van der Waals surface area contributed by atoms with E-state index < -0.39 is 5.97 Å². The third kappa shape index (κ3) is 3.00. The Morgan fingerprint density at radius 2 is 2.21 bits per heavy atom. The van der Waals surface area contributed by atoms with Crippen LogP contribution >= 0.6 is 0 Å². The van der Waals surface area contributed by atoms with E-state index in [0.29, 0.717) is 13.1 Å². The van der Waals surface area contributed by atoms with Gasteiger partial charge in [-0.15, -0.1) is 0 Å². The maximum absolute atomic E-state index is 10.9. The number of nitrogens with one attached hydrogen (secondary N) is 1. The molecule has 0 aromatic rings. The Balaban J connectivity index is 2.38. The van der Waals surface area contributed by atoms with Crippen molar-refractivity contribution in [2.24, 2.45) is 11.8 Å². The van der Waals surface area contributed by atoms with E-state index in [1.807, 2.05) is 6.07 Å². The highest BCUT2D eigenvalue weighted by Crippen LogP contribution is 2.29. The van der Waals surface area contributed by atoms with Crippen LogP contribution in [0.3, 0.4) is 0 Å². The summed E-state index contributed by atoms with van der Waals surface area (Å²) in [5.41, 5.74) is 0. The molecule has 0 radical (unpaired) electrons. The van der Waals surface area contributed by atoms with Gasteiger partial charge in [-0.3, -0.25) is 4.79 Å². The van der Waals surface area contributed by atoms with Crippen LogP contribution in [-0.4, -0.2) is 24.2 Å². The zero-order valence-electron chi connectivity index (χ0n) is 8.20. The van der Waals surface area contributed by atoms with Crippen LogP contribution in [-0.2, 0) is 4.79 Å². The minimum absolute atomic E-state index is 0.203. The summed E-state index contributed by atoms with van der Waals surface area (Å²) in [7, 11) is 0. The lowest BCUT2D eigenvalue weighted by atomic mass is 9.79. The summed E-state index contributed by atoms with van der Waals surface area (Å²) in [5.74, 6) is -0.696. The van der Waals surface area contributed by atoms with Crippen molar-refractivity contribution in [3.05, 3.63) is 0 Å². The highest BCUT2D eigenvalue weighted by molar-refractivity contribution is 5.70. The van der Waals surface area contributed by atoms with E-state index in [1.165, 1.54) is 0 Å². The molecule has 1 aliphatic rings. The Hall–Kier alpha value is -1.08. The molecular formula is C10H16N2O2. The monoisotopic (exact) mass is 196 g/mol. The molecule has 0 heterocycles. The van der Waals surface area contributed by atoms with Crippen LogP contribution in [0.25, 0.3) is 0 Å². The number of aliphatic carboxylic acids is 1. The molecule has 14 heavy (non-hydrogen) atoms. The Labute approximate surface area is 83.9 Å². The zero-order chi connectivity index (χ0) is 10.4. The van der Waals surface area contributed by atoms with Crippen LogP contribution in [0.1, 0.15) is 25.7 Å². The number of carboxylic acid groups (broad SMARTS) is 1. The van der Waals surface area contributed by atoms with Crippen molar-refractivity contribution in [1.82, 2.24) is 5.32 Å². The summed E-state index contributed by atoms with van der Waals surface area (Å²) < 4.78 is 0. The molecule has 0 aromatic carbocycles. The number of hydrogen-bond acceptors (Lipinski definition) is 3. The van der Waals surface area contributed by atoms with E-state index in [1.54, 1.807) is 0 Å². The van der Waals surface area contributed by atoms with Crippen molar-refractivity contribution in [3.8, 4) is 6.07 Å². The number of carboxylic acids is 1. The Kier molecular flexibility index (Phi) is 4.41. The molecule has 1 saturated carbocycles. The van der Waals surface area contributed by atoms with Gasteiger partial charge in [0.25, 0.3) is 0 Å². The van der Waals surface area contributed by atoms with Crippen molar-refractivity contribution in [2.45, 2.75) is 25.7 Å². The van der Waals surface area contributed by atoms with Crippen LogP contribution in [0, 0.1) is 23.2 Å². The maximum atomic E-state index is 10.9. The Bertz CT molecular complexity index is 235. The fraction of sp³-hybridized carbons (Fsp3) is 0.800. The first kappa shape index (κ1) is 11.0. The Morgan fingerprint density at radius 3 is 2.86 bits per heavy atom. The van der Waals surface area contributed by atoms with Gasteiger partial charge in [-0.05, 0) is 25.3 Å². The molecule has 1 aliphatic carbocycles. The molecule has 2 N–H and O–H groups in total. The Morgan fingerprint density at radius 1 is 1.50 bits per heavy atom. The van der Waals surface area contributed by atoms with Crippen molar-refractivity contribution < 1.29 is 9.90 Å². The highest BCUT2D eigenvalue weighted by Gasteiger charge is 2.30. The van der Waals surface area contributed by atoms with Crippen LogP contribution in [0.4, 0.5) is 0 Å². The fourth-order valence-electron chi connectivity index (χ4n) is 2.09. The average Bonchev–Trinajstić information content (AvgIpc) is 2.19. The van der Waals surface area contributed by atoms with Gasteiger partial charge in [0.1, 0.15) is 0 Å². The molecule has 0 bridgehead atoms. The van der Waals surface area contributed by atoms with Crippen molar-refractivity contribution >= 4 is 5.97 Å². The van der Waals surface area contributed by atoms with Gasteiger partial charge in [0.15, 0.2) is 0 Å². The number of rotatable bonds is 4. The fourth-order valence-corrected chi connectivity index (χ4v) is 2.09. The van der Waals surface area contributed by atoms with Gasteiger partial charge in [-0.25, -0.2) is 0 Å². The molecule has 0 amide bonds. The molecule has 0 aliphatic heterocycles. The quantitative estimate of drug-likeness (QED) is 0.519. The van der Waals surface area contributed by atoms with Gasteiger partial charge in [-0.1, -0.05) is 12.8 Å². The lowest BCUT2D eigenvalue weighted by Gasteiger charge is -2.28. The minimum atomic E-state index is -0.687. The average molecular weight is 196 g/mol. The molecule has 1 fully saturated rings. The molecule has 0 saturated heterocycles. The van der Waals surface area contributed by atoms with E-state index in [2.05, 4.69) is 5.32 Å². The van der Waals surface area contributed by atoms with Gasteiger partial charge in [0.05, 0.1) is 18.5 Å². The smallest absolute Gasteiger partial charge is 0.306 e. The topological polar surface area (TPSA) is 73.1 Å². The van der Waals surface area contributed by atoms with Gasteiger partial charge in [0, 0.05) is 0 Å². The first-order chi connectivity index (χ1) is 6.75. The van der Waals surface area contributed by atoms with Crippen LogP contribution < -0.4 is 5.32 Å². The number of nitrogens with zero attached hydrogens (tertiary/aromatic N) is 1. The zero-order valence-corrected chi connectivity index (χ0v) is 8.20. The van der Waals surface area contributed by atoms with Crippen molar-refractivity contribution in [2.75, 3.05) is 13.1 Å². The molecular weight excluding hydrogens is 180 g/mol. The highest BCUT2D eigenvalue weighted by atomic mass is 16.4. The van der Waals surface area contributed by atoms with E-state index >= 15 is 0 Å². The largest absolute Gasteiger partial charge is 0.481 e. The van der Waals surface area contributed by atoms with Gasteiger partial charge in [0.2, 0.25) is 0 Å². The molecule has 4 nitrogen and oxygen atoms in total. The second-order valence-electron chi connectivity index (χ2n) is 3.78. The van der Waals surface area contributed by atoms with Crippen molar-refractivity contribution in [3.63, 3.8) is 0 Å².